The van der Waals surface area contributed by atoms with Crippen molar-refractivity contribution in [2.24, 2.45) is 18.9 Å². The van der Waals surface area contributed by atoms with Gasteiger partial charge in [-0.25, -0.2) is 19.2 Å². The van der Waals surface area contributed by atoms with Crippen LogP contribution in [0, 0.1) is 17.7 Å². The Morgan fingerprint density at radius 1 is 1.12 bits per heavy atom. The normalized spacial score (nSPS) is 22.4. The molecule has 1 aromatic carbocycles. The van der Waals surface area contributed by atoms with Crippen molar-refractivity contribution in [1.29, 1.82) is 0 Å². The predicted molar refractivity (Wildman–Crippen MR) is 116 cm³/mol. The summed E-state index contributed by atoms with van der Waals surface area (Å²) in [5.41, 5.74) is 2.67. The number of imidazole rings is 1. The maximum Gasteiger partial charge on any atom is 0.320 e. The molecule has 2 saturated heterocycles. The molecule has 2 fully saturated rings. The molecule has 9 heteroatoms. The van der Waals surface area contributed by atoms with Crippen molar-refractivity contribution in [2.45, 2.75) is 6.04 Å². The topological polar surface area (TPSA) is 74.6 Å². The zero-order valence-corrected chi connectivity index (χ0v) is 18.3. The van der Waals surface area contributed by atoms with Crippen molar-refractivity contribution < 1.29 is 14.0 Å². The van der Waals surface area contributed by atoms with Gasteiger partial charge in [0.05, 0.1) is 17.9 Å². The number of aromatic nitrogens is 3. The average molecular weight is 436 g/mol. The third-order valence-corrected chi connectivity index (χ3v) is 6.57. The van der Waals surface area contributed by atoms with Gasteiger partial charge >= 0.3 is 6.03 Å². The average Bonchev–Trinajstić information content (AvgIpc) is 3.45. The van der Waals surface area contributed by atoms with Crippen LogP contribution in [0.3, 0.4) is 0 Å². The van der Waals surface area contributed by atoms with Crippen molar-refractivity contribution in [3.8, 4) is 0 Å². The molecule has 0 bridgehead atoms. The fourth-order valence-electron chi connectivity index (χ4n) is 5.10. The van der Waals surface area contributed by atoms with E-state index in [0.717, 1.165) is 11.2 Å². The second-order valence-electron chi connectivity index (χ2n) is 8.89. The highest BCUT2D eigenvalue weighted by Gasteiger charge is 2.50. The molecule has 0 unspecified atom stereocenters. The van der Waals surface area contributed by atoms with Crippen LogP contribution in [0.2, 0.25) is 0 Å². The molecule has 2 aromatic heterocycles. The zero-order chi connectivity index (χ0) is 22.6. The number of nitrogens with zero attached hydrogens (tertiary/aromatic N) is 6. The van der Waals surface area contributed by atoms with Crippen molar-refractivity contribution in [3.05, 3.63) is 59.8 Å². The number of carbonyl (C=O) groups excluding carboxylic acids is 2. The molecule has 4 heterocycles. The Morgan fingerprint density at radius 3 is 2.69 bits per heavy atom. The molecule has 3 atom stereocenters. The summed E-state index contributed by atoms with van der Waals surface area (Å²) in [7, 11) is 5.30. The lowest BCUT2D eigenvalue weighted by Crippen LogP contribution is -2.42. The van der Waals surface area contributed by atoms with E-state index in [1.54, 1.807) is 43.7 Å². The highest BCUT2D eigenvalue weighted by atomic mass is 19.1. The Labute approximate surface area is 185 Å². The lowest BCUT2D eigenvalue weighted by molar-refractivity contribution is 0.0766. The molecule has 32 heavy (non-hydrogen) atoms. The number of halogens is 1. The van der Waals surface area contributed by atoms with Crippen LogP contribution in [-0.2, 0) is 7.05 Å². The van der Waals surface area contributed by atoms with Crippen LogP contribution in [0.5, 0.6) is 0 Å². The van der Waals surface area contributed by atoms with Gasteiger partial charge in [0, 0.05) is 58.8 Å². The molecule has 2 aliphatic rings. The third kappa shape index (κ3) is 3.28. The molecule has 166 valence electrons. The van der Waals surface area contributed by atoms with Gasteiger partial charge in [-0.3, -0.25) is 4.79 Å². The summed E-state index contributed by atoms with van der Waals surface area (Å²) in [5.74, 6) is -0.259. The molecule has 5 rings (SSSR count). The van der Waals surface area contributed by atoms with Gasteiger partial charge in [0.25, 0.3) is 5.91 Å². The number of aryl methyl sites for hydroxylation is 1. The van der Waals surface area contributed by atoms with Gasteiger partial charge in [0.2, 0.25) is 0 Å². The molecule has 0 N–H and O–H groups in total. The van der Waals surface area contributed by atoms with Crippen LogP contribution in [0.4, 0.5) is 9.18 Å². The van der Waals surface area contributed by atoms with Gasteiger partial charge in [-0.05, 0) is 23.8 Å². The van der Waals surface area contributed by atoms with Crippen LogP contribution < -0.4 is 0 Å². The van der Waals surface area contributed by atoms with Gasteiger partial charge in [-0.15, -0.1) is 0 Å². The second kappa shape index (κ2) is 7.58. The molecule has 0 spiro atoms. The first-order valence-electron chi connectivity index (χ1n) is 10.6. The van der Waals surface area contributed by atoms with Crippen molar-refractivity contribution in [2.75, 3.05) is 33.7 Å². The van der Waals surface area contributed by atoms with Crippen molar-refractivity contribution in [3.63, 3.8) is 0 Å². The van der Waals surface area contributed by atoms with E-state index < -0.39 is 0 Å². The summed E-state index contributed by atoms with van der Waals surface area (Å²) in [6.45, 7) is 1.58. The van der Waals surface area contributed by atoms with Gasteiger partial charge in [-0.1, -0.05) is 12.1 Å². The SMILES string of the molecule is CN(C)C(=O)N1C[C@H]2CN(C(=O)c3cnc4c(c3)ncn4C)C[C@H]2[C@H]1c1cccc(F)c1. The van der Waals surface area contributed by atoms with E-state index >= 15 is 0 Å². The standard InChI is InChI=1S/C23H25FN6O2/c1-27(2)23(32)30-11-16-10-29(12-18(16)20(30)14-5-4-6-17(24)7-14)22(31)15-8-19-21(25-9-15)28(3)13-26-19/h4-9,13,16,18,20H,10-12H2,1-3H3/t16-,18-,20-/m1/s1. The van der Waals surface area contributed by atoms with E-state index in [1.807, 2.05) is 27.5 Å². The van der Waals surface area contributed by atoms with Crippen molar-refractivity contribution >= 4 is 23.1 Å². The van der Waals surface area contributed by atoms with Gasteiger partial charge in [0.1, 0.15) is 11.3 Å². The largest absolute Gasteiger partial charge is 0.338 e. The quantitative estimate of drug-likeness (QED) is 0.619. The fourth-order valence-corrected chi connectivity index (χ4v) is 5.10. The van der Waals surface area contributed by atoms with Crippen molar-refractivity contribution in [1.82, 2.24) is 29.2 Å². The summed E-state index contributed by atoms with van der Waals surface area (Å²) >= 11 is 0. The predicted octanol–water partition coefficient (Wildman–Crippen LogP) is 2.53. The third-order valence-electron chi connectivity index (χ3n) is 6.57. The van der Waals surface area contributed by atoms with Gasteiger partial charge < -0.3 is 19.3 Å². The van der Waals surface area contributed by atoms with Gasteiger partial charge in [0.15, 0.2) is 5.65 Å². The van der Waals surface area contributed by atoms with Crippen LogP contribution in [-0.4, -0.2) is 74.9 Å². The number of carbonyl (C=O) groups is 2. The lowest BCUT2D eigenvalue weighted by atomic mass is 9.89. The van der Waals surface area contributed by atoms with Crippen LogP contribution in [0.15, 0.2) is 42.9 Å². The molecular weight excluding hydrogens is 411 g/mol. The highest BCUT2D eigenvalue weighted by Crippen LogP contribution is 2.45. The number of hydrogen-bond acceptors (Lipinski definition) is 4. The summed E-state index contributed by atoms with van der Waals surface area (Å²) < 4.78 is 15.8. The zero-order valence-electron chi connectivity index (χ0n) is 18.3. The van der Waals surface area contributed by atoms with E-state index in [4.69, 9.17) is 0 Å². The molecule has 0 saturated carbocycles. The monoisotopic (exact) mass is 436 g/mol. The Bertz CT molecular complexity index is 1210. The molecule has 3 aromatic rings. The number of pyridine rings is 1. The number of rotatable bonds is 2. The minimum absolute atomic E-state index is 0.0381. The fraction of sp³-hybridized carbons (Fsp3) is 0.391. The van der Waals surface area contributed by atoms with E-state index in [9.17, 15) is 14.0 Å². The highest BCUT2D eigenvalue weighted by molar-refractivity contribution is 5.96. The number of urea groups is 1. The van der Waals surface area contributed by atoms with Crippen LogP contribution >= 0.6 is 0 Å². The molecule has 0 radical (unpaired) electrons. The molecule has 3 amide bonds. The molecule has 2 aliphatic heterocycles. The van der Waals surface area contributed by atoms with E-state index in [0.29, 0.717) is 30.7 Å². The maximum absolute atomic E-state index is 14.0. The first-order chi connectivity index (χ1) is 15.3. The van der Waals surface area contributed by atoms with Gasteiger partial charge in [-0.2, -0.15) is 0 Å². The molecule has 0 aliphatic carbocycles. The summed E-state index contributed by atoms with van der Waals surface area (Å²) in [6.07, 6.45) is 3.26. The Morgan fingerprint density at radius 2 is 1.94 bits per heavy atom. The molecular formula is C23H25FN6O2. The summed E-state index contributed by atoms with van der Waals surface area (Å²) in [4.78, 5) is 40.0. The lowest BCUT2D eigenvalue weighted by Gasteiger charge is -2.32. The number of amides is 3. The maximum atomic E-state index is 14.0. The summed E-state index contributed by atoms with van der Waals surface area (Å²) in [6, 6.07) is 7.81. The minimum atomic E-state index is -0.330. The smallest absolute Gasteiger partial charge is 0.320 e. The van der Waals surface area contributed by atoms with E-state index in [2.05, 4.69) is 9.97 Å². The number of hydrogen-bond donors (Lipinski definition) is 0. The Kier molecular flexibility index (Phi) is 4.83. The second-order valence-corrected chi connectivity index (χ2v) is 8.89. The Hall–Kier alpha value is -3.49. The van der Waals surface area contributed by atoms with E-state index in [-0.39, 0.29) is 35.6 Å². The Balaban J connectivity index is 1.42. The number of benzene rings is 1. The minimum Gasteiger partial charge on any atom is -0.338 e. The number of fused-ring (bicyclic) bond motifs is 2. The number of likely N-dealkylation sites (tertiary alicyclic amines) is 2. The molecule has 8 nitrogen and oxygen atoms in total. The first-order valence-corrected chi connectivity index (χ1v) is 10.6. The summed E-state index contributed by atoms with van der Waals surface area (Å²) in [5, 5.41) is 0. The first kappa shape index (κ1) is 20.4. The van der Waals surface area contributed by atoms with Crippen LogP contribution in [0.1, 0.15) is 22.0 Å². The van der Waals surface area contributed by atoms with E-state index in [1.165, 1.54) is 12.1 Å². The van der Waals surface area contributed by atoms with Crippen LogP contribution in [0.25, 0.3) is 11.2 Å².